The average Bonchev–Trinajstić information content (AvgIpc) is 3.49. The lowest BCUT2D eigenvalue weighted by Crippen LogP contribution is -2.30. The monoisotopic (exact) mass is 435 g/mol. The van der Waals surface area contributed by atoms with E-state index in [4.69, 9.17) is 14.0 Å². The van der Waals surface area contributed by atoms with E-state index in [0.29, 0.717) is 22.9 Å². The standard InChI is InChI=1S/C22H17N3O5S/c26-20(28-13-19-24-21(25-30-19)16-10-11-31-14-16)12-23-22(27)15-6-8-18(9-7-15)29-17-4-2-1-3-5-17/h1-11,14H,12-13H2,(H,23,27). The molecule has 31 heavy (non-hydrogen) atoms. The molecule has 0 saturated heterocycles. The fourth-order valence-corrected chi connectivity index (χ4v) is 3.20. The van der Waals surface area contributed by atoms with Gasteiger partial charge in [-0.25, -0.2) is 0 Å². The highest BCUT2D eigenvalue weighted by Crippen LogP contribution is 2.21. The first-order chi connectivity index (χ1) is 15.2. The zero-order valence-corrected chi connectivity index (χ0v) is 17.0. The molecule has 156 valence electrons. The first-order valence-electron chi connectivity index (χ1n) is 9.29. The highest BCUT2D eigenvalue weighted by atomic mass is 32.1. The van der Waals surface area contributed by atoms with Crippen LogP contribution in [-0.2, 0) is 16.1 Å². The van der Waals surface area contributed by atoms with Gasteiger partial charge in [0.25, 0.3) is 11.8 Å². The van der Waals surface area contributed by atoms with Crippen LogP contribution in [0.2, 0.25) is 0 Å². The number of hydrogen-bond donors (Lipinski definition) is 1. The van der Waals surface area contributed by atoms with Crippen molar-refractivity contribution in [1.29, 1.82) is 0 Å². The van der Waals surface area contributed by atoms with Crippen LogP contribution in [0, 0.1) is 0 Å². The molecule has 0 aliphatic rings. The second-order valence-electron chi connectivity index (χ2n) is 6.31. The van der Waals surface area contributed by atoms with Crippen LogP contribution >= 0.6 is 11.3 Å². The van der Waals surface area contributed by atoms with Crippen LogP contribution in [0.1, 0.15) is 16.2 Å². The topological polar surface area (TPSA) is 104 Å². The summed E-state index contributed by atoms with van der Waals surface area (Å²) in [4.78, 5) is 28.3. The third-order valence-corrected chi connectivity index (χ3v) is 4.78. The Balaban J connectivity index is 1.22. The normalized spacial score (nSPS) is 10.5. The summed E-state index contributed by atoms with van der Waals surface area (Å²) in [5, 5.41) is 10.1. The smallest absolute Gasteiger partial charge is 0.325 e. The summed E-state index contributed by atoms with van der Waals surface area (Å²) in [6.07, 6.45) is 0. The minimum atomic E-state index is -0.618. The van der Waals surface area contributed by atoms with Crippen LogP contribution in [0.4, 0.5) is 0 Å². The number of para-hydroxylation sites is 1. The number of ether oxygens (including phenoxy) is 2. The molecule has 4 aromatic rings. The molecule has 0 atom stereocenters. The van der Waals surface area contributed by atoms with Crippen LogP contribution in [0.3, 0.4) is 0 Å². The van der Waals surface area contributed by atoms with Gasteiger partial charge in [0.1, 0.15) is 18.0 Å². The molecule has 1 amide bonds. The molecule has 8 nitrogen and oxygen atoms in total. The first-order valence-corrected chi connectivity index (χ1v) is 10.2. The summed E-state index contributed by atoms with van der Waals surface area (Å²) < 4.78 is 15.8. The molecule has 0 spiro atoms. The van der Waals surface area contributed by atoms with Gasteiger partial charge in [-0.05, 0) is 47.8 Å². The van der Waals surface area contributed by atoms with Crippen molar-refractivity contribution in [2.24, 2.45) is 0 Å². The van der Waals surface area contributed by atoms with Crippen LogP contribution in [0.25, 0.3) is 11.4 Å². The maximum atomic E-state index is 12.2. The molecule has 0 radical (unpaired) electrons. The number of nitrogens with one attached hydrogen (secondary N) is 1. The fourth-order valence-electron chi connectivity index (χ4n) is 2.57. The van der Waals surface area contributed by atoms with E-state index in [2.05, 4.69) is 15.5 Å². The number of aromatic nitrogens is 2. The number of benzene rings is 2. The van der Waals surface area contributed by atoms with E-state index in [0.717, 1.165) is 5.56 Å². The third kappa shape index (κ3) is 5.55. The van der Waals surface area contributed by atoms with Crippen molar-refractivity contribution >= 4 is 23.2 Å². The average molecular weight is 435 g/mol. The van der Waals surface area contributed by atoms with Crippen molar-refractivity contribution in [3.8, 4) is 22.9 Å². The summed E-state index contributed by atoms with van der Waals surface area (Å²) in [5.74, 6) is 0.887. The van der Waals surface area contributed by atoms with Gasteiger partial charge in [0, 0.05) is 16.5 Å². The maximum Gasteiger partial charge on any atom is 0.325 e. The molecule has 4 rings (SSSR count). The fraction of sp³-hybridized carbons (Fsp3) is 0.0909. The largest absolute Gasteiger partial charge is 0.457 e. The molecule has 0 aliphatic heterocycles. The van der Waals surface area contributed by atoms with Crippen molar-refractivity contribution in [1.82, 2.24) is 15.5 Å². The zero-order chi connectivity index (χ0) is 21.5. The third-order valence-electron chi connectivity index (χ3n) is 4.09. The van der Waals surface area contributed by atoms with E-state index in [-0.39, 0.29) is 19.0 Å². The van der Waals surface area contributed by atoms with Crippen molar-refractivity contribution < 1.29 is 23.6 Å². The lowest BCUT2D eigenvalue weighted by atomic mass is 10.2. The Morgan fingerprint density at radius 3 is 2.52 bits per heavy atom. The lowest BCUT2D eigenvalue weighted by molar-refractivity contribution is -0.144. The second kappa shape index (κ2) is 9.68. The number of carbonyl (C=O) groups excluding carboxylic acids is 2. The molecular formula is C22H17N3O5S. The summed E-state index contributed by atoms with van der Waals surface area (Å²) >= 11 is 1.52. The molecule has 0 fully saturated rings. The van der Waals surface area contributed by atoms with Gasteiger partial charge >= 0.3 is 5.97 Å². The Hall–Kier alpha value is -3.98. The van der Waals surface area contributed by atoms with Crippen molar-refractivity contribution in [3.63, 3.8) is 0 Å². The lowest BCUT2D eigenvalue weighted by Gasteiger charge is -2.07. The number of esters is 1. The number of carbonyl (C=O) groups is 2. The Kier molecular flexibility index (Phi) is 6.34. The summed E-state index contributed by atoms with van der Waals surface area (Å²) in [5.41, 5.74) is 1.23. The second-order valence-corrected chi connectivity index (χ2v) is 7.09. The first kappa shape index (κ1) is 20.3. The van der Waals surface area contributed by atoms with Crippen molar-refractivity contribution in [2.45, 2.75) is 6.61 Å². The van der Waals surface area contributed by atoms with E-state index in [9.17, 15) is 9.59 Å². The molecule has 0 saturated carbocycles. The summed E-state index contributed by atoms with van der Waals surface area (Å²) in [6, 6.07) is 17.8. The maximum absolute atomic E-state index is 12.2. The van der Waals surface area contributed by atoms with Gasteiger partial charge in [-0.15, -0.1) is 0 Å². The number of thiophene rings is 1. The number of amides is 1. The van der Waals surface area contributed by atoms with Crippen molar-refractivity contribution in [2.75, 3.05) is 6.54 Å². The molecule has 0 unspecified atom stereocenters. The quantitative estimate of drug-likeness (QED) is 0.416. The van der Waals surface area contributed by atoms with Crippen LogP contribution < -0.4 is 10.1 Å². The van der Waals surface area contributed by atoms with Crippen LogP contribution in [0.5, 0.6) is 11.5 Å². The van der Waals surface area contributed by atoms with Crippen LogP contribution in [-0.4, -0.2) is 28.6 Å². The van der Waals surface area contributed by atoms with E-state index < -0.39 is 11.9 Å². The molecule has 9 heteroatoms. The van der Waals surface area contributed by atoms with Gasteiger partial charge in [-0.3, -0.25) is 9.59 Å². The number of hydrogen-bond acceptors (Lipinski definition) is 8. The van der Waals surface area contributed by atoms with E-state index in [1.165, 1.54) is 11.3 Å². The van der Waals surface area contributed by atoms with E-state index >= 15 is 0 Å². The molecule has 0 bridgehead atoms. The Labute approximate surface area is 181 Å². The van der Waals surface area contributed by atoms with Crippen molar-refractivity contribution in [3.05, 3.63) is 82.9 Å². The molecule has 2 aromatic heterocycles. The molecular weight excluding hydrogens is 418 g/mol. The highest BCUT2D eigenvalue weighted by molar-refractivity contribution is 7.08. The van der Waals surface area contributed by atoms with Gasteiger partial charge in [0.15, 0.2) is 6.61 Å². The molecule has 2 heterocycles. The highest BCUT2D eigenvalue weighted by Gasteiger charge is 2.13. The number of rotatable bonds is 8. The Bertz CT molecular complexity index is 1140. The van der Waals surface area contributed by atoms with E-state index in [1.54, 1.807) is 24.3 Å². The zero-order valence-electron chi connectivity index (χ0n) is 16.2. The van der Waals surface area contributed by atoms with Gasteiger partial charge in [0.2, 0.25) is 5.82 Å². The number of nitrogens with zero attached hydrogens (tertiary/aromatic N) is 2. The van der Waals surface area contributed by atoms with E-state index in [1.807, 2.05) is 47.2 Å². The Morgan fingerprint density at radius 1 is 1.00 bits per heavy atom. The minimum Gasteiger partial charge on any atom is -0.457 e. The van der Waals surface area contributed by atoms with Crippen LogP contribution in [0.15, 0.2) is 75.9 Å². The predicted octanol–water partition coefficient (Wildman–Crippen LogP) is 4.06. The summed E-state index contributed by atoms with van der Waals surface area (Å²) in [6.45, 7) is -0.454. The van der Waals surface area contributed by atoms with Gasteiger partial charge in [0.05, 0.1) is 0 Å². The van der Waals surface area contributed by atoms with Gasteiger partial charge < -0.3 is 19.3 Å². The predicted molar refractivity (Wildman–Crippen MR) is 113 cm³/mol. The molecule has 1 N–H and O–H groups in total. The minimum absolute atomic E-state index is 0.169. The van der Waals surface area contributed by atoms with Gasteiger partial charge in [-0.2, -0.15) is 16.3 Å². The Morgan fingerprint density at radius 2 is 1.77 bits per heavy atom. The van der Waals surface area contributed by atoms with Gasteiger partial charge in [-0.1, -0.05) is 23.4 Å². The molecule has 2 aromatic carbocycles. The molecule has 0 aliphatic carbocycles. The summed E-state index contributed by atoms with van der Waals surface area (Å²) in [7, 11) is 0. The SMILES string of the molecule is O=C(CNC(=O)c1ccc(Oc2ccccc2)cc1)OCc1nc(-c2ccsc2)no1.